The van der Waals surface area contributed by atoms with Gasteiger partial charge in [0.1, 0.15) is 11.0 Å². The van der Waals surface area contributed by atoms with Gasteiger partial charge in [0.2, 0.25) is 0 Å². The zero-order valence-electron chi connectivity index (χ0n) is 12.9. The lowest BCUT2D eigenvalue weighted by Crippen LogP contribution is -2.15. The smallest absolute Gasteiger partial charge is 0.265 e. The minimum absolute atomic E-state index is 0.105. The summed E-state index contributed by atoms with van der Waals surface area (Å²) in [5.41, 5.74) is -2.33. The van der Waals surface area contributed by atoms with E-state index in [2.05, 4.69) is 21.6 Å². The molecule has 1 aromatic carbocycles. The Morgan fingerprint density at radius 3 is 2.38 bits per heavy atom. The van der Waals surface area contributed by atoms with Crippen molar-refractivity contribution in [2.24, 2.45) is 0 Å². The minimum Gasteiger partial charge on any atom is -0.265 e. The number of halogens is 6. The zero-order valence-corrected chi connectivity index (χ0v) is 12.9. The van der Waals surface area contributed by atoms with Crippen LogP contribution in [0.5, 0.6) is 0 Å². The minimum atomic E-state index is -4.93. The molecular weight excluding hydrogens is 362 g/mol. The molecule has 3 aromatic rings. The van der Waals surface area contributed by atoms with Gasteiger partial charge in [-0.15, -0.1) is 0 Å². The van der Waals surface area contributed by atoms with Gasteiger partial charge < -0.3 is 0 Å². The Kier molecular flexibility index (Phi) is 4.21. The van der Waals surface area contributed by atoms with E-state index in [1.165, 1.54) is 23.2 Å². The van der Waals surface area contributed by atoms with Crippen molar-refractivity contribution < 1.29 is 26.3 Å². The van der Waals surface area contributed by atoms with E-state index in [0.29, 0.717) is 22.9 Å². The van der Waals surface area contributed by atoms with Gasteiger partial charge in [0.05, 0.1) is 30.1 Å². The lowest BCUT2D eigenvalue weighted by atomic mass is 10.0. The van der Waals surface area contributed by atoms with Gasteiger partial charge in [0.15, 0.2) is 5.82 Å². The number of rotatable bonds is 3. The molecule has 136 valence electrons. The highest BCUT2D eigenvalue weighted by Gasteiger charge is 2.38. The average Bonchev–Trinajstić information content (AvgIpc) is 2.94. The third-order valence-corrected chi connectivity index (χ3v) is 3.58. The molecule has 0 atom stereocenters. The fourth-order valence-corrected chi connectivity index (χ4v) is 2.39. The molecule has 10 heteroatoms. The molecule has 0 aliphatic carbocycles. The summed E-state index contributed by atoms with van der Waals surface area (Å²) in [4.78, 5) is 8.02. The second-order valence-electron chi connectivity index (χ2n) is 5.40. The van der Waals surface area contributed by atoms with Gasteiger partial charge in [0.25, 0.3) is 0 Å². The molecule has 4 nitrogen and oxygen atoms in total. The van der Waals surface area contributed by atoms with Gasteiger partial charge >= 0.3 is 12.4 Å². The monoisotopic (exact) mass is 372 g/mol. The second-order valence-corrected chi connectivity index (χ2v) is 5.40. The van der Waals surface area contributed by atoms with Gasteiger partial charge in [0, 0.05) is 0 Å². The Hall–Kier alpha value is -2.91. The lowest BCUT2D eigenvalue weighted by Gasteiger charge is -2.16. The van der Waals surface area contributed by atoms with Crippen molar-refractivity contribution in [2.45, 2.75) is 18.9 Å². The fourth-order valence-electron chi connectivity index (χ4n) is 2.39. The van der Waals surface area contributed by atoms with Crippen LogP contribution < -0.4 is 0 Å². The topological polar surface area (TPSA) is 43.6 Å². The van der Waals surface area contributed by atoms with E-state index in [0.717, 1.165) is 6.07 Å². The van der Waals surface area contributed by atoms with Crippen LogP contribution in [0.2, 0.25) is 0 Å². The molecule has 0 unspecified atom stereocenters. The average molecular weight is 372 g/mol. The summed E-state index contributed by atoms with van der Waals surface area (Å²) >= 11 is 0. The molecule has 0 spiro atoms. The summed E-state index contributed by atoms with van der Waals surface area (Å²) in [6.07, 6.45) is -5.63. The number of hydrogen-bond acceptors (Lipinski definition) is 3. The Morgan fingerprint density at radius 1 is 1.04 bits per heavy atom. The van der Waals surface area contributed by atoms with Crippen LogP contribution in [0.15, 0.2) is 37.2 Å². The first-order chi connectivity index (χ1) is 12.1. The van der Waals surface area contributed by atoms with Crippen molar-refractivity contribution in [3.8, 4) is 0 Å². The SMILES string of the molecule is C=Cc1ncc2nn(Cc3ccc(C(F)(F)F)cc3C(F)(F)F)cc2n1. The van der Waals surface area contributed by atoms with E-state index in [1.807, 2.05) is 0 Å². The molecule has 2 heterocycles. The molecule has 2 aromatic heterocycles. The van der Waals surface area contributed by atoms with Gasteiger partial charge in [-0.05, 0) is 23.8 Å². The summed E-state index contributed by atoms with van der Waals surface area (Å²) < 4.78 is 78.9. The zero-order chi connectivity index (χ0) is 19.1. The van der Waals surface area contributed by atoms with Crippen LogP contribution in [0.1, 0.15) is 22.5 Å². The van der Waals surface area contributed by atoms with Gasteiger partial charge in [-0.25, -0.2) is 9.97 Å². The Bertz CT molecular complexity index is 971. The van der Waals surface area contributed by atoms with Crippen LogP contribution in [0.25, 0.3) is 17.1 Å². The largest absolute Gasteiger partial charge is 0.416 e. The van der Waals surface area contributed by atoms with Gasteiger partial charge in [-0.2, -0.15) is 31.4 Å². The first kappa shape index (κ1) is 17.9. The first-order valence-electron chi connectivity index (χ1n) is 7.18. The fraction of sp³-hybridized carbons (Fsp3) is 0.188. The molecule has 0 fully saturated rings. The van der Waals surface area contributed by atoms with Crippen molar-refractivity contribution in [1.82, 2.24) is 19.7 Å². The van der Waals surface area contributed by atoms with E-state index in [1.54, 1.807) is 0 Å². The van der Waals surface area contributed by atoms with Crippen LogP contribution in [-0.2, 0) is 18.9 Å². The molecule has 0 radical (unpaired) electrons. The second kappa shape index (κ2) is 6.11. The number of nitrogens with zero attached hydrogens (tertiary/aromatic N) is 4. The van der Waals surface area contributed by atoms with Crippen LogP contribution in [0.3, 0.4) is 0 Å². The first-order valence-corrected chi connectivity index (χ1v) is 7.18. The Morgan fingerprint density at radius 2 is 1.77 bits per heavy atom. The molecule has 0 amide bonds. The highest BCUT2D eigenvalue weighted by molar-refractivity contribution is 5.73. The van der Waals surface area contributed by atoms with Crippen molar-refractivity contribution in [2.75, 3.05) is 0 Å². The summed E-state index contributed by atoms with van der Waals surface area (Å²) in [6.45, 7) is 3.14. The lowest BCUT2D eigenvalue weighted by molar-refractivity contribution is -0.143. The van der Waals surface area contributed by atoms with E-state index in [9.17, 15) is 26.3 Å². The predicted molar refractivity (Wildman–Crippen MR) is 81.0 cm³/mol. The third kappa shape index (κ3) is 3.53. The Balaban J connectivity index is 2.02. The number of hydrogen-bond donors (Lipinski definition) is 0. The number of benzene rings is 1. The summed E-state index contributed by atoms with van der Waals surface area (Å²) in [5, 5.41) is 4.05. The Labute approximate surface area is 142 Å². The quantitative estimate of drug-likeness (QED) is 0.634. The van der Waals surface area contributed by atoms with Crippen LogP contribution in [0, 0.1) is 0 Å². The third-order valence-electron chi connectivity index (χ3n) is 3.58. The molecule has 0 N–H and O–H groups in total. The summed E-state index contributed by atoms with van der Waals surface area (Å²) in [5.74, 6) is 0.322. The molecule has 0 aliphatic heterocycles. The number of alkyl halides is 6. The molecule has 0 bridgehead atoms. The normalized spacial score (nSPS) is 12.5. The van der Waals surface area contributed by atoms with E-state index < -0.39 is 23.5 Å². The number of fused-ring (bicyclic) bond motifs is 1. The molecule has 26 heavy (non-hydrogen) atoms. The van der Waals surface area contributed by atoms with Crippen molar-refractivity contribution >= 4 is 17.1 Å². The van der Waals surface area contributed by atoms with Crippen LogP contribution >= 0.6 is 0 Å². The molecule has 0 saturated carbocycles. The summed E-state index contributed by atoms with van der Waals surface area (Å²) in [6, 6.07) is 1.52. The maximum absolute atomic E-state index is 13.2. The van der Waals surface area contributed by atoms with E-state index in [4.69, 9.17) is 0 Å². The van der Waals surface area contributed by atoms with E-state index >= 15 is 0 Å². The van der Waals surface area contributed by atoms with Crippen LogP contribution in [-0.4, -0.2) is 19.7 Å². The van der Waals surface area contributed by atoms with Crippen molar-refractivity contribution in [1.29, 1.82) is 0 Å². The number of aromatic nitrogens is 4. The highest BCUT2D eigenvalue weighted by atomic mass is 19.4. The van der Waals surface area contributed by atoms with Crippen LogP contribution in [0.4, 0.5) is 26.3 Å². The van der Waals surface area contributed by atoms with Gasteiger partial charge in [-0.1, -0.05) is 12.6 Å². The highest BCUT2D eigenvalue weighted by Crippen LogP contribution is 2.37. The van der Waals surface area contributed by atoms with E-state index in [-0.39, 0.29) is 18.2 Å². The molecule has 0 saturated heterocycles. The summed E-state index contributed by atoms with van der Waals surface area (Å²) in [7, 11) is 0. The van der Waals surface area contributed by atoms with Gasteiger partial charge in [-0.3, -0.25) is 4.68 Å². The molecular formula is C16H10F6N4. The molecule has 0 aliphatic rings. The maximum atomic E-state index is 13.2. The molecule has 3 rings (SSSR count). The van der Waals surface area contributed by atoms with Crippen molar-refractivity contribution in [3.05, 3.63) is 59.7 Å². The predicted octanol–water partition coefficient (Wildman–Crippen LogP) is 4.56. The van der Waals surface area contributed by atoms with Crippen molar-refractivity contribution in [3.63, 3.8) is 0 Å². The standard InChI is InChI=1S/C16H10F6N4/c1-2-14-23-6-12-13(24-14)8-26(25-12)7-9-3-4-10(15(17,18)19)5-11(9)16(20,21)22/h2-6,8H,1,7H2. The maximum Gasteiger partial charge on any atom is 0.416 e.